The molecule has 150 valence electrons. The van der Waals surface area contributed by atoms with Crippen molar-refractivity contribution >= 4 is 44.7 Å². The summed E-state index contributed by atoms with van der Waals surface area (Å²) in [6.45, 7) is 0. The molecule has 0 saturated carbocycles. The second kappa shape index (κ2) is 8.89. The number of fused-ring (bicyclic) bond motifs is 1. The van der Waals surface area contributed by atoms with E-state index >= 15 is 0 Å². The van der Waals surface area contributed by atoms with E-state index in [0.29, 0.717) is 16.3 Å². The maximum absolute atomic E-state index is 13.9. The van der Waals surface area contributed by atoms with Crippen LogP contribution in [0.5, 0.6) is 0 Å². The van der Waals surface area contributed by atoms with Gasteiger partial charge in [0.1, 0.15) is 22.7 Å². The van der Waals surface area contributed by atoms with Gasteiger partial charge in [0.2, 0.25) is 0 Å². The summed E-state index contributed by atoms with van der Waals surface area (Å²) in [7, 11) is 0. The molecule has 0 spiro atoms. The number of halogens is 2. The second-order valence-electron chi connectivity index (χ2n) is 6.59. The van der Waals surface area contributed by atoms with Crippen LogP contribution < -0.4 is 5.73 Å². The number of hydrogen-bond donors (Lipinski definition) is 2. The van der Waals surface area contributed by atoms with E-state index in [2.05, 4.69) is 11.1 Å². The second-order valence-corrected chi connectivity index (χ2v) is 9.79. The van der Waals surface area contributed by atoms with Crippen LogP contribution in [-0.2, 0) is 6.42 Å². The molecule has 0 aliphatic carbocycles. The molecule has 8 heteroatoms. The zero-order valence-electron chi connectivity index (χ0n) is 15.2. The fourth-order valence-corrected chi connectivity index (χ4v) is 5.49. The van der Waals surface area contributed by atoms with Crippen molar-refractivity contribution in [3.8, 4) is 0 Å². The number of benzene rings is 2. The minimum Gasteiger partial charge on any atom is -0.384 e. The summed E-state index contributed by atoms with van der Waals surface area (Å²) in [6, 6.07) is 12.8. The molecule has 2 aromatic heterocycles. The first-order valence-electron chi connectivity index (χ1n) is 8.99. The Balaban J connectivity index is 1.48. The van der Waals surface area contributed by atoms with Gasteiger partial charge in [-0.3, -0.25) is 0 Å². The number of nitrogens with two attached hydrogens (primary N) is 1. The summed E-state index contributed by atoms with van der Waals surface area (Å²) in [5, 5.41) is 13.2. The molecule has 4 aromatic rings. The number of thiazole rings is 1. The summed E-state index contributed by atoms with van der Waals surface area (Å²) < 4.78 is 27.9. The minimum atomic E-state index is -0.835. The van der Waals surface area contributed by atoms with Crippen molar-refractivity contribution in [3.05, 3.63) is 75.4 Å². The van der Waals surface area contributed by atoms with Crippen LogP contribution in [0.15, 0.2) is 63.7 Å². The Kier molecular flexibility index (Phi) is 6.26. The highest BCUT2D eigenvalue weighted by Gasteiger charge is 2.21. The highest BCUT2D eigenvalue weighted by atomic mass is 32.2. The van der Waals surface area contributed by atoms with E-state index in [4.69, 9.17) is 5.73 Å². The number of aromatic nitrogens is 1. The molecule has 2 aromatic carbocycles. The van der Waals surface area contributed by atoms with Gasteiger partial charge in [0, 0.05) is 26.8 Å². The third-order valence-corrected chi connectivity index (χ3v) is 7.54. The molecular formula is C21H18F2N2OS3. The van der Waals surface area contributed by atoms with Crippen LogP contribution >= 0.6 is 34.4 Å². The van der Waals surface area contributed by atoms with Crippen LogP contribution in [0.2, 0.25) is 0 Å². The van der Waals surface area contributed by atoms with Gasteiger partial charge in [-0.1, -0.05) is 17.8 Å². The number of aryl methyl sites for hydroxylation is 1. The molecular weight excluding hydrogens is 430 g/mol. The number of nitrogens with zero attached hydrogens (tertiary/aromatic N) is 1. The Morgan fingerprint density at radius 1 is 1.14 bits per heavy atom. The lowest BCUT2D eigenvalue weighted by Gasteiger charge is -2.16. The normalized spacial score (nSPS) is 13.7. The largest absolute Gasteiger partial charge is 0.384 e. The smallest absolute Gasteiger partial charge is 0.140 e. The van der Waals surface area contributed by atoms with E-state index in [1.54, 1.807) is 11.3 Å². The fourth-order valence-electron chi connectivity index (χ4n) is 2.90. The third kappa shape index (κ3) is 4.84. The summed E-state index contributed by atoms with van der Waals surface area (Å²) in [5.74, 6) is -1.20. The maximum Gasteiger partial charge on any atom is 0.140 e. The Bertz CT molecular complexity index is 1110. The maximum atomic E-state index is 13.9. The van der Waals surface area contributed by atoms with Crippen LogP contribution in [0.1, 0.15) is 22.4 Å². The van der Waals surface area contributed by atoms with Gasteiger partial charge >= 0.3 is 0 Å². The van der Waals surface area contributed by atoms with Crippen LogP contribution in [0.4, 0.5) is 8.78 Å². The van der Waals surface area contributed by atoms with Gasteiger partial charge in [0.15, 0.2) is 0 Å². The molecule has 0 aliphatic heterocycles. The Labute approximate surface area is 179 Å². The first-order chi connectivity index (χ1) is 14.0. The third-order valence-electron chi connectivity index (χ3n) is 4.46. The van der Waals surface area contributed by atoms with Crippen molar-refractivity contribution in [2.24, 2.45) is 5.73 Å². The molecule has 2 atom stereocenters. The Morgan fingerprint density at radius 2 is 2.00 bits per heavy atom. The van der Waals surface area contributed by atoms with Gasteiger partial charge in [-0.15, -0.1) is 22.7 Å². The van der Waals surface area contributed by atoms with Gasteiger partial charge < -0.3 is 10.8 Å². The van der Waals surface area contributed by atoms with Crippen LogP contribution in [0.3, 0.4) is 0 Å². The van der Waals surface area contributed by atoms with E-state index in [0.717, 1.165) is 27.6 Å². The van der Waals surface area contributed by atoms with Crippen LogP contribution in [0.25, 0.3) is 10.2 Å². The SMILES string of the molecule is N[C@H](CCc1cccs1)C(O)c1nc2cc(Sc3ccc(F)cc3F)ccc2s1. The summed E-state index contributed by atoms with van der Waals surface area (Å²) in [5.41, 5.74) is 6.92. The minimum absolute atomic E-state index is 0.344. The van der Waals surface area contributed by atoms with Gasteiger partial charge in [0.05, 0.1) is 10.2 Å². The average Bonchev–Trinajstić information content (AvgIpc) is 3.37. The molecule has 1 unspecified atom stereocenters. The van der Waals surface area contributed by atoms with Crippen molar-refractivity contribution in [2.45, 2.75) is 34.8 Å². The highest BCUT2D eigenvalue weighted by molar-refractivity contribution is 7.99. The Hall–Kier alpha value is -1.84. The molecule has 3 nitrogen and oxygen atoms in total. The van der Waals surface area contributed by atoms with Crippen molar-refractivity contribution < 1.29 is 13.9 Å². The topological polar surface area (TPSA) is 59.1 Å². The lowest BCUT2D eigenvalue weighted by Crippen LogP contribution is -2.28. The zero-order chi connectivity index (χ0) is 20.4. The molecule has 0 fully saturated rings. The predicted octanol–water partition coefficient (Wildman–Crippen LogP) is 5.78. The molecule has 0 bridgehead atoms. The van der Waals surface area contributed by atoms with E-state index in [1.807, 2.05) is 29.6 Å². The predicted molar refractivity (Wildman–Crippen MR) is 116 cm³/mol. The quantitative estimate of drug-likeness (QED) is 0.376. The van der Waals surface area contributed by atoms with E-state index in [1.165, 1.54) is 40.1 Å². The van der Waals surface area contributed by atoms with Crippen molar-refractivity contribution in [1.82, 2.24) is 4.98 Å². The lowest BCUT2D eigenvalue weighted by molar-refractivity contribution is 0.142. The lowest BCUT2D eigenvalue weighted by atomic mass is 10.1. The summed E-state index contributed by atoms with van der Waals surface area (Å²) in [4.78, 5) is 6.92. The summed E-state index contributed by atoms with van der Waals surface area (Å²) >= 11 is 4.29. The highest BCUT2D eigenvalue weighted by Crippen LogP contribution is 2.35. The first-order valence-corrected chi connectivity index (χ1v) is 11.5. The molecule has 2 heterocycles. The number of aliphatic hydroxyl groups is 1. The van der Waals surface area contributed by atoms with Crippen LogP contribution in [-0.4, -0.2) is 16.1 Å². The van der Waals surface area contributed by atoms with E-state index in [9.17, 15) is 13.9 Å². The van der Waals surface area contributed by atoms with E-state index in [-0.39, 0.29) is 0 Å². The molecule has 29 heavy (non-hydrogen) atoms. The van der Waals surface area contributed by atoms with Crippen molar-refractivity contribution in [3.63, 3.8) is 0 Å². The zero-order valence-corrected chi connectivity index (χ0v) is 17.7. The van der Waals surface area contributed by atoms with Gasteiger partial charge in [-0.25, -0.2) is 13.8 Å². The molecule has 0 radical (unpaired) electrons. The van der Waals surface area contributed by atoms with Crippen LogP contribution in [0, 0.1) is 11.6 Å². The number of hydrogen-bond acceptors (Lipinski definition) is 6. The van der Waals surface area contributed by atoms with Gasteiger partial charge in [-0.2, -0.15) is 0 Å². The monoisotopic (exact) mass is 448 g/mol. The van der Waals surface area contributed by atoms with Crippen molar-refractivity contribution in [1.29, 1.82) is 0 Å². The molecule has 0 amide bonds. The average molecular weight is 449 g/mol. The van der Waals surface area contributed by atoms with Gasteiger partial charge in [0.25, 0.3) is 0 Å². The van der Waals surface area contributed by atoms with Crippen molar-refractivity contribution in [2.75, 3.05) is 0 Å². The molecule has 4 rings (SSSR count). The Morgan fingerprint density at radius 3 is 2.76 bits per heavy atom. The summed E-state index contributed by atoms with van der Waals surface area (Å²) in [6.07, 6.45) is 0.658. The number of rotatable bonds is 7. The molecule has 0 aliphatic rings. The molecule has 0 saturated heterocycles. The first kappa shape index (κ1) is 20.4. The molecule has 3 N–H and O–H groups in total. The fraction of sp³-hybridized carbons (Fsp3) is 0.190. The number of aliphatic hydroxyl groups excluding tert-OH is 1. The standard InChI is InChI=1S/C21H18F2N2OS3/c22-12-3-7-18(15(23)10-12)28-14-5-8-19-17(11-14)25-21(29-19)20(26)16(24)6-4-13-2-1-9-27-13/h1-3,5,7-11,16,20,26H,4,6,24H2/t16-,20?/m1/s1. The van der Waals surface area contributed by atoms with E-state index < -0.39 is 23.8 Å². The number of thiophene rings is 1. The van der Waals surface area contributed by atoms with Gasteiger partial charge in [-0.05, 0) is 54.6 Å².